The molecule has 0 unspecified atom stereocenters. The lowest BCUT2D eigenvalue weighted by molar-refractivity contribution is -0.122. The number of amides is 1. The zero-order chi connectivity index (χ0) is 19.2. The first-order valence-electron chi connectivity index (χ1n) is 8.07. The van der Waals surface area contributed by atoms with Crippen LogP contribution in [0.2, 0.25) is 5.02 Å². The summed E-state index contributed by atoms with van der Waals surface area (Å²) in [6, 6.07) is 12.4. The third-order valence-electron chi connectivity index (χ3n) is 3.66. The van der Waals surface area contributed by atoms with Gasteiger partial charge in [0.15, 0.2) is 0 Å². The van der Waals surface area contributed by atoms with Crippen LogP contribution in [0.25, 0.3) is 0 Å². The average molecular weight is 397 g/mol. The Balaban J connectivity index is 2.25. The maximum atomic E-state index is 12.7. The Morgan fingerprint density at radius 1 is 1.19 bits per heavy atom. The van der Waals surface area contributed by atoms with Crippen LogP contribution in [0.5, 0.6) is 5.75 Å². The summed E-state index contributed by atoms with van der Waals surface area (Å²) in [7, 11) is -2.48. The van der Waals surface area contributed by atoms with Gasteiger partial charge in [0.2, 0.25) is 15.9 Å². The molecule has 1 atom stereocenters. The number of carbonyl (C=O) groups is 1. The summed E-state index contributed by atoms with van der Waals surface area (Å²) < 4.78 is 33.1. The van der Waals surface area contributed by atoms with Crippen molar-refractivity contribution in [3.8, 4) is 5.75 Å². The number of likely N-dealkylation sites (N-methyl/N-ethyl adjacent to an activating group) is 1. The van der Waals surface area contributed by atoms with Crippen molar-refractivity contribution in [2.24, 2.45) is 0 Å². The predicted molar refractivity (Wildman–Crippen MR) is 101 cm³/mol. The van der Waals surface area contributed by atoms with Gasteiger partial charge >= 0.3 is 0 Å². The summed E-state index contributed by atoms with van der Waals surface area (Å²) in [5, 5.41) is 2.67. The highest BCUT2D eigenvalue weighted by Crippen LogP contribution is 2.27. The van der Waals surface area contributed by atoms with E-state index in [1.165, 1.54) is 25.2 Å². The molecule has 8 heteroatoms. The van der Waals surface area contributed by atoms with Crippen LogP contribution in [-0.2, 0) is 21.2 Å². The lowest BCUT2D eigenvalue weighted by atomic mass is 10.1. The van der Waals surface area contributed by atoms with Crippen LogP contribution in [-0.4, -0.2) is 34.0 Å². The van der Waals surface area contributed by atoms with Crippen LogP contribution in [0.1, 0.15) is 12.5 Å². The Labute approximate surface area is 158 Å². The van der Waals surface area contributed by atoms with Crippen LogP contribution in [0.15, 0.2) is 53.4 Å². The van der Waals surface area contributed by atoms with Crippen molar-refractivity contribution in [3.05, 3.63) is 59.1 Å². The fourth-order valence-electron chi connectivity index (χ4n) is 2.39. The van der Waals surface area contributed by atoms with Crippen LogP contribution < -0.4 is 14.8 Å². The zero-order valence-electron chi connectivity index (χ0n) is 14.5. The fourth-order valence-corrected chi connectivity index (χ4v) is 3.91. The lowest BCUT2D eigenvalue weighted by Gasteiger charge is -2.18. The van der Waals surface area contributed by atoms with E-state index in [0.29, 0.717) is 12.4 Å². The van der Waals surface area contributed by atoms with Crippen LogP contribution in [0.3, 0.4) is 0 Å². The molecule has 0 saturated carbocycles. The third-order valence-corrected chi connectivity index (χ3v) is 5.42. The van der Waals surface area contributed by atoms with Crippen molar-refractivity contribution >= 4 is 27.5 Å². The number of rotatable bonds is 8. The second-order valence-electron chi connectivity index (χ2n) is 5.50. The third kappa shape index (κ3) is 5.20. The largest absolute Gasteiger partial charge is 0.492 e. The Hall–Kier alpha value is -2.09. The van der Waals surface area contributed by atoms with E-state index < -0.39 is 22.0 Å². The molecule has 0 radical (unpaired) electrons. The van der Waals surface area contributed by atoms with Crippen molar-refractivity contribution in [3.63, 3.8) is 0 Å². The molecule has 2 rings (SSSR count). The number of benzene rings is 2. The minimum atomic E-state index is -3.94. The topological polar surface area (TPSA) is 84.5 Å². The number of sulfonamides is 1. The molecule has 0 spiro atoms. The summed E-state index contributed by atoms with van der Waals surface area (Å²) in [6.45, 7) is 2.22. The van der Waals surface area contributed by atoms with Crippen molar-refractivity contribution in [1.82, 2.24) is 10.0 Å². The Morgan fingerprint density at radius 3 is 2.46 bits per heavy atom. The van der Waals surface area contributed by atoms with Gasteiger partial charge in [-0.05, 0) is 37.1 Å². The highest BCUT2D eigenvalue weighted by atomic mass is 35.5. The summed E-state index contributed by atoms with van der Waals surface area (Å²) >= 11 is 6.07. The van der Waals surface area contributed by atoms with Gasteiger partial charge in [0.25, 0.3) is 0 Å². The highest BCUT2D eigenvalue weighted by molar-refractivity contribution is 7.89. The van der Waals surface area contributed by atoms with E-state index in [2.05, 4.69) is 10.0 Å². The summed E-state index contributed by atoms with van der Waals surface area (Å²) in [5.74, 6) is -0.0188. The van der Waals surface area contributed by atoms with Gasteiger partial charge in [0.05, 0.1) is 16.5 Å². The van der Waals surface area contributed by atoms with Gasteiger partial charge in [-0.1, -0.05) is 41.9 Å². The quantitative estimate of drug-likeness (QED) is 0.717. The molecule has 0 aliphatic heterocycles. The molecule has 26 heavy (non-hydrogen) atoms. The molecule has 140 valence electrons. The monoisotopic (exact) mass is 396 g/mol. The highest BCUT2D eigenvalue weighted by Gasteiger charge is 2.26. The van der Waals surface area contributed by atoms with Crippen LogP contribution >= 0.6 is 11.6 Å². The maximum Gasteiger partial charge on any atom is 0.241 e. The first-order valence-corrected chi connectivity index (χ1v) is 9.93. The molecule has 0 heterocycles. The van der Waals surface area contributed by atoms with Crippen molar-refractivity contribution in [1.29, 1.82) is 0 Å². The predicted octanol–water partition coefficient (Wildman–Crippen LogP) is 2.37. The molecule has 0 fully saturated rings. The van der Waals surface area contributed by atoms with E-state index in [1.807, 2.05) is 30.3 Å². The fraction of sp³-hybridized carbons (Fsp3) is 0.278. The molecule has 0 saturated heterocycles. The minimum Gasteiger partial charge on any atom is -0.492 e. The summed E-state index contributed by atoms with van der Waals surface area (Å²) in [6.07, 6.45) is 0.227. The van der Waals surface area contributed by atoms with Gasteiger partial charge in [0.1, 0.15) is 11.8 Å². The maximum absolute atomic E-state index is 12.7. The second-order valence-corrected chi connectivity index (χ2v) is 7.62. The summed E-state index contributed by atoms with van der Waals surface area (Å²) in [5.41, 5.74) is 0.841. The first kappa shape index (κ1) is 20.2. The van der Waals surface area contributed by atoms with E-state index in [0.717, 1.165) is 5.56 Å². The molecule has 0 aliphatic carbocycles. The smallest absolute Gasteiger partial charge is 0.241 e. The van der Waals surface area contributed by atoms with Crippen LogP contribution in [0, 0.1) is 0 Å². The van der Waals surface area contributed by atoms with E-state index in [4.69, 9.17) is 16.3 Å². The first-order chi connectivity index (χ1) is 12.4. The SMILES string of the molecule is CCOc1ccc(S(=O)(=O)N[C@H](Cc2ccccc2)C(=O)NC)cc1Cl. The zero-order valence-corrected chi connectivity index (χ0v) is 16.1. The van der Waals surface area contributed by atoms with Gasteiger partial charge < -0.3 is 10.1 Å². The molecule has 0 aromatic heterocycles. The number of hydrogen-bond donors (Lipinski definition) is 2. The average Bonchev–Trinajstić information content (AvgIpc) is 2.63. The number of halogens is 1. The summed E-state index contributed by atoms with van der Waals surface area (Å²) in [4.78, 5) is 12.1. The van der Waals surface area contributed by atoms with E-state index in [-0.39, 0.29) is 16.3 Å². The Bertz CT molecular complexity index is 857. The molecule has 2 aromatic rings. The van der Waals surface area contributed by atoms with Gasteiger partial charge in [-0.2, -0.15) is 4.72 Å². The van der Waals surface area contributed by atoms with E-state index in [9.17, 15) is 13.2 Å². The van der Waals surface area contributed by atoms with Gasteiger partial charge in [0, 0.05) is 7.05 Å². The molecule has 0 aliphatic rings. The molecular weight excluding hydrogens is 376 g/mol. The van der Waals surface area contributed by atoms with Crippen molar-refractivity contribution in [2.45, 2.75) is 24.3 Å². The normalized spacial score (nSPS) is 12.4. The van der Waals surface area contributed by atoms with E-state index in [1.54, 1.807) is 6.92 Å². The second kappa shape index (κ2) is 9.02. The van der Waals surface area contributed by atoms with Gasteiger partial charge in [-0.25, -0.2) is 8.42 Å². The molecule has 0 bridgehead atoms. The Morgan fingerprint density at radius 2 is 1.88 bits per heavy atom. The molecule has 6 nitrogen and oxygen atoms in total. The van der Waals surface area contributed by atoms with E-state index >= 15 is 0 Å². The molecular formula is C18H21ClN2O4S. The number of nitrogens with one attached hydrogen (secondary N) is 2. The van der Waals surface area contributed by atoms with Crippen molar-refractivity contribution < 1.29 is 17.9 Å². The van der Waals surface area contributed by atoms with Gasteiger partial charge in [-0.3, -0.25) is 4.79 Å². The minimum absolute atomic E-state index is 0.0343. The van der Waals surface area contributed by atoms with Crippen LogP contribution in [0.4, 0.5) is 0 Å². The number of hydrogen-bond acceptors (Lipinski definition) is 4. The Kier molecular flexibility index (Phi) is 7.02. The standard InChI is InChI=1S/C18H21ClN2O4S/c1-3-25-17-10-9-14(12-15(17)19)26(23,24)21-16(18(22)20-2)11-13-7-5-4-6-8-13/h4-10,12,16,21H,3,11H2,1-2H3,(H,20,22)/t16-/m1/s1. The molecule has 2 aromatic carbocycles. The number of carbonyl (C=O) groups excluding carboxylic acids is 1. The number of ether oxygens (including phenoxy) is 1. The molecule has 1 amide bonds. The lowest BCUT2D eigenvalue weighted by Crippen LogP contribution is -2.46. The molecule has 2 N–H and O–H groups in total. The van der Waals surface area contributed by atoms with Gasteiger partial charge in [-0.15, -0.1) is 0 Å². The van der Waals surface area contributed by atoms with Crippen molar-refractivity contribution in [2.75, 3.05) is 13.7 Å².